The summed E-state index contributed by atoms with van der Waals surface area (Å²) in [4.78, 5) is 40.1. The van der Waals surface area contributed by atoms with Gasteiger partial charge in [0.25, 0.3) is 0 Å². The number of para-hydroxylation sites is 1. The van der Waals surface area contributed by atoms with Gasteiger partial charge in [-0.05, 0) is 37.0 Å². The van der Waals surface area contributed by atoms with Crippen molar-refractivity contribution < 1.29 is 14.4 Å². The van der Waals surface area contributed by atoms with Gasteiger partial charge in [0.1, 0.15) is 12.1 Å². The van der Waals surface area contributed by atoms with Crippen LogP contribution in [0, 0.1) is 0 Å². The Balaban J connectivity index is 1.73. The first kappa shape index (κ1) is 21.6. The summed E-state index contributed by atoms with van der Waals surface area (Å²) < 4.78 is 0. The van der Waals surface area contributed by atoms with Gasteiger partial charge in [0.2, 0.25) is 17.7 Å². The Morgan fingerprint density at radius 1 is 1.03 bits per heavy atom. The van der Waals surface area contributed by atoms with Crippen molar-refractivity contribution in [3.05, 3.63) is 66.2 Å². The summed E-state index contributed by atoms with van der Waals surface area (Å²) in [5.74, 6) is -0.535. The van der Waals surface area contributed by atoms with Gasteiger partial charge in [-0.15, -0.1) is 0 Å². The van der Waals surface area contributed by atoms with Crippen LogP contribution >= 0.6 is 0 Å². The fourth-order valence-corrected chi connectivity index (χ4v) is 3.77. The number of carbonyl (C=O) groups is 3. The lowest BCUT2D eigenvalue weighted by molar-refractivity contribution is -0.139. The monoisotopic (exact) mass is 407 g/mol. The normalized spacial score (nSPS) is 16.7. The zero-order valence-corrected chi connectivity index (χ0v) is 17.3. The molecule has 0 bridgehead atoms. The summed E-state index contributed by atoms with van der Waals surface area (Å²) in [7, 11) is 0. The highest BCUT2D eigenvalue weighted by molar-refractivity contribution is 5.98. The second-order valence-electron chi connectivity index (χ2n) is 7.60. The molecule has 0 spiro atoms. The van der Waals surface area contributed by atoms with E-state index in [2.05, 4.69) is 10.6 Å². The van der Waals surface area contributed by atoms with Gasteiger partial charge in [-0.25, -0.2) is 0 Å². The minimum Gasteiger partial charge on any atom is -0.342 e. The van der Waals surface area contributed by atoms with Crippen LogP contribution in [0.15, 0.2) is 60.7 Å². The van der Waals surface area contributed by atoms with Crippen LogP contribution < -0.4 is 10.6 Å². The lowest BCUT2D eigenvalue weighted by Gasteiger charge is -2.26. The maximum absolute atomic E-state index is 13.0. The van der Waals surface area contributed by atoms with Crippen LogP contribution in [0.2, 0.25) is 0 Å². The fraction of sp³-hybridized carbons (Fsp3) is 0.375. The van der Waals surface area contributed by atoms with E-state index < -0.39 is 12.1 Å². The van der Waals surface area contributed by atoms with Crippen LogP contribution in [0.4, 0.5) is 5.69 Å². The number of anilines is 1. The molecular weight excluding hydrogens is 378 g/mol. The number of amides is 3. The van der Waals surface area contributed by atoms with Gasteiger partial charge in [-0.3, -0.25) is 14.4 Å². The summed E-state index contributed by atoms with van der Waals surface area (Å²) in [6.07, 6.45) is 2.99. The molecule has 2 atom stereocenters. The Bertz CT molecular complexity index is 855. The summed E-state index contributed by atoms with van der Waals surface area (Å²) in [5.41, 5.74) is 1.63. The molecule has 3 amide bonds. The molecule has 2 N–H and O–H groups in total. The number of nitrogens with zero attached hydrogens (tertiary/aromatic N) is 1. The predicted octanol–water partition coefficient (Wildman–Crippen LogP) is 3.14. The second-order valence-corrected chi connectivity index (χ2v) is 7.60. The van der Waals surface area contributed by atoms with E-state index in [9.17, 15) is 14.4 Å². The lowest BCUT2D eigenvalue weighted by Crippen LogP contribution is -2.52. The number of rotatable bonds is 8. The van der Waals surface area contributed by atoms with Gasteiger partial charge < -0.3 is 15.5 Å². The minimum absolute atomic E-state index is 0.00324. The van der Waals surface area contributed by atoms with Crippen LogP contribution in [0.3, 0.4) is 0 Å². The molecule has 1 aliphatic rings. The molecule has 0 aromatic heterocycles. The van der Waals surface area contributed by atoms with Gasteiger partial charge in [0, 0.05) is 25.1 Å². The largest absolute Gasteiger partial charge is 0.342 e. The van der Waals surface area contributed by atoms with E-state index in [1.807, 2.05) is 55.5 Å². The fourth-order valence-electron chi connectivity index (χ4n) is 3.77. The maximum Gasteiger partial charge on any atom is 0.247 e. The number of likely N-dealkylation sites (tertiary alicyclic amines) is 1. The van der Waals surface area contributed by atoms with E-state index in [4.69, 9.17) is 0 Å². The zero-order chi connectivity index (χ0) is 21.3. The first-order valence-electron chi connectivity index (χ1n) is 10.6. The van der Waals surface area contributed by atoms with Crippen molar-refractivity contribution in [1.82, 2.24) is 10.2 Å². The van der Waals surface area contributed by atoms with E-state index in [0.717, 1.165) is 18.4 Å². The van der Waals surface area contributed by atoms with E-state index in [1.165, 1.54) is 0 Å². The Morgan fingerprint density at radius 2 is 1.70 bits per heavy atom. The third kappa shape index (κ3) is 5.69. The van der Waals surface area contributed by atoms with Gasteiger partial charge in [-0.1, -0.05) is 55.5 Å². The van der Waals surface area contributed by atoms with Crippen molar-refractivity contribution in [3.63, 3.8) is 0 Å². The van der Waals surface area contributed by atoms with E-state index in [0.29, 0.717) is 31.5 Å². The van der Waals surface area contributed by atoms with Crippen molar-refractivity contribution in [1.29, 1.82) is 0 Å². The number of nitrogens with one attached hydrogen (secondary N) is 2. The highest BCUT2D eigenvalue weighted by Crippen LogP contribution is 2.19. The quantitative estimate of drug-likeness (QED) is 0.706. The van der Waals surface area contributed by atoms with Crippen LogP contribution in [0.5, 0.6) is 0 Å². The minimum atomic E-state index is -0.733. The Hall–Kier alpha value is -3.15. The SMILES string of the molecule is CCCC(=O)N1CCCC1C(=O)NC(Cc1ccccc1)C(=O)Nc1ccccc1. The molecule has 6 nitrogen and oxygen atoms in total. The Kier molecular flexibility index (Phi) is 7.60. The molecule has 2 aromatic carbocycles. The molecular formula is C24H29N3O3. The molecule has 3 rings (SSSR count). The molecule has 2 unspecified atom stereocenters. The highest BCUT2D eigenvalue weighted by Gasteiger charge is 2.35. The van der Waals surface area contributed by atoms with Crippen molar-refractivity contribution in [2.45, 2.75) is 51.1 Å². The molecule has 1 aliphatic heterocycles. The number of benzene rings is 2. The van der Waals surface area contributed by atoms with Gasteiger partial charge in [-0.2, -0.15) is 0 Å². The van der Waals surface area contributed by atoms with Crippen LogP contribution in [0.1, 0.15) is 38.2 Å². The molecule has 0 aliphatic carbocycles. The van der Waals surface area contributed by atoms with E-state index in [-0.39, 0.29) is 17.7 Å². The number of hydrogen-bond donors (Lipinski definition) is 2. The standard InChI is InChI=1S/C24H29N3O3/c1-2-10-22(28)27-16-9-15-21(27)24(30)26-20(17-18-11-5-3-6-12-18)23(29)25-19-13-7-4-8-14-19/h3-8,11-14,20-21H,2,9-10,15-17H2,1H3,(H,25,29)(H,26,30). The van der Waals surface area contributed by atoms with Crippen molar-refractivity contribution in [3.8, 4) is 0 Å². The summed E-state index contributed by atoms with van der Waals surface area (Å²) in [6.45, 7) is 2.54. The maximum atomic E-state index is 13.0. The molecule has 1 fully saturated rings. The third-order valence-electron chi connectivity index (χ3n) is 5.30. The van der Waals surface area contributed by atoms with Crippen LogP contribution in [-0.4, -0.2) is 41.2 Å². The van der Waals surface area contributed by atoms with E-state index >= 15 is 0 Å². The van der Waals surface area contributed by atoms with Crippen molar-refractivity contribution >= 4 is 23.4 Å². The number of hydrogen-bond acceptors (Lipinski definition) is 3. The molecule has 0 saturated carbocycles. The molecule has 1 saturated heterocycles. The molecule has 2 aromatic rings. The summed E-state index contributed by atoms with van der Waals surface area (Å²) in [6, 6.07) is 17.5. The van der Waals surface area contributed by atoms with Gasteiger partial charge in [0.05, 0.1) is 0 Å². The van der Waals surface area contributed by atoms with E-state index in [1.54, 1.807) is 17.0 Å². The second kappa shape index (κ2) is 10.6. The average Bonchev–Trinajstić information content (AvgIpc) is 3.25. The van der Waals surface area contributed by atoms with Crippen molar-refractivity contribution in [2.24, 2.45) is 0 Å². The summed E-state index contributed by atoms with van der Waals surface area (Å²) in [5, 5.41) is 5.79. The summed E-state index contributed by atoms with van der Waals surface area (Å²) >= 11 is 0. The van der Waals surface area contributed by atoms with Gasteiger partial charge in [0.15, 0.2) is 0 Å². The average molecular weight is 408 g/mol. The molecule has 0 radical (unpaired) electrons. The van der Waals surface area contributed by atoms with Crippen molar-refractivity contribution in [2.75, 3.05) is 11.9 Å². The van der Waals surface area contributed by atoms with Crippen LogP contribution in [0.25, 0.3) is 0 Å². The smallest absolute Gasteiger partial charge is 0.247 e. The first-order valence-corrected chi connectivity index (χ1v) is 10.6. The topological polar surface area (TPSA) is 78.5 Å². The lowest BCUT2D eigenvalue weighted by atomic mass is 10.0. The van der Waals surface area contributed by atoms with Gasteiger partial charge >= 0.3 is 0 Å². The highest BCUT2D eigenvalue weighted by atomic mass is 16.2. The first-order chi connectivity index (χ1) is 14.6. The predicted molar refractivity (Wildman–Crippen MR) is 117 cm³/mol. The zero-order valence-electron chi connectivity index (χ0n) is 17.3. The molecule has 1 heterocycles. The Morgan fingerprint density at radius 3 is 2.37 bits per heavy atom. The molecule has 6 heteroatoms. The number of carbonyl (C=O) groups excluding carboxylic acids is 3. The molecule has 30 heavy (non-hydrogen) atoms. The van der Waals surface area contributed by atoms with Crippen LogP contribution in [-0.2, 0) is 20.8 Å². The molecule has 158 valence electrons. The third-order valence-corrected chi connectivity index (χ3v) is 5.30. The Labute approximate surface area is 177 Å².